The molecule has 2 aromatic carbocycles. The predicted octanol–water partition coefficient (Wildman–Crippen LogP) is 3.22. The Morgan fingerprint density at radius 1 is 1.14 bits per heavy atom. The zero-order valence-electron chi connectivity index (χ0n) is 12.6. The van der Waals surface area contributed by atoms with E-state index >= 15 is 0 Å². The maximum absolute atomic E-state index is 12.0. The zero-order chi connectivity index (χ0) is 15.9. The fourth-order valence-electron chi connectivity index (χ4n) is 2.11. The number of ether oxygens (including phenoxy) is 2. The highest BCUT2D eigenvalue weighted by Crippen LogP contribution is 2.23. The minimum absolute atomic E-state index is 0.0767. The van der Waals surface area contributed by atoms with Crippen LogP contribution in [0.1, 0.15) is 11.1 Å². The summed E-state index contributed by atoms with van der Waals surface area (Å²) in [6.45, 7) is 0.375. The van der Waals surface area contributed by atoms with Crippen LogP contribution in [0, 0.1) is 0 Å². The van der Waals surface area contributed by atoms with Crippen LogP contribution < -0.4 is 14.8 Å². The number of rotatable bonds is 6. The second-order valence-electron chi connectivity index (χ2n) is 4.76. The monoisotopic (exact) mass is 319 g/mol. The van der Waals surface area contributed by atoms with E-state index in [0.717, 1.165) is 16.9 Å². The summed E-state index contributed by atoms with van der Waals surface area (Å²) in [4.78, 5) is 12.0. The van der Waals surface area contributed by atoms with Crippen molar-refractivity contribution in [3.63, 3.8) is 0 Å². The van der Waals surface area contributed by atoms with Crippen molar-refractivity contribution in [2.24, 2.45) is 0 Å². The molecular weight excluding hydrogens is 302 g/mol. The molecule has 0 aliphatic heterocycles. The van der Waals surface area contributed by atoms with E-state index in [2.05, 4.69) is 5.32 Å². The summed E-state index contributed by atoms with van der Waals surface area (Å²) in [7, 11) is 3.20. The van der Waals surface area contributed by atoms with Crippen molar-refractivity contribution in [2.45, 2.75) is 13.0 Å². The third kappa shape index (κ3) is 4.40. The van der Waals surface area contributed by atoms with Crippen LogP contribution in [0.2, 0.25) is 5.02 Å². The fourth-order valence-corrected chi connectivity index (χ4v) is 2.32. The maximum atomic E-state index is 12.0. The number of hydrogen-bond acceptors (Lipinski definition) is 3. The van der Waals surface area contributed by atoms with E-state index in [-0.39, 0.29) is 12.3 Å². The molecular formula is C17H18ClNO3. The summed E-state index contributed by atoms with van der Waals surface area (Å²) in [5, 5.41) is 3.50. The van der Waals surface area contributed by atoms with E-state index in [1.807, 2.05) is 30.3 Å². The van der Waals surface area contributed by atoms with Crippen LogP contribution in [-0.4, -0.2) is 20.1 Å². The minimum atomic E-state index is -0.0767. The van der Waals surface area contributed by atoms with E-state index in [9.17, 15) is 4.79 Å². The second-order valence-corrected chi connectivity index (χ2v) is 5.20. The van der Waals surface area contributed by atoms with Gasteiger partial charge in [0.2, 0.25) is 5.91 Å². The van der Waals surface area contributed by atoms with Crippen LogP contribution in [0.3, 0.4) is 0 Å². The van der Waals surface area contributed by atoms with Gasteiger partial charge in [0, 0.05) is 17.1 Å². The number of nitrogens with one attached hydrogen (secondary N) is 1. The van der Waals surface area contributed by atoms with Gasteiger partial charge < -0.3 is 14.8 Å². The lowest BCUT2D eigenvalue weighted by Gasteiger charge is -2.11. The standard InChI is InChI=1S/C17H18ClNO3/c1-21-15-6-7-16(22-2)13(10-15)11-19-17(20)9-12-4-3-5-14(18)8-12/h3-8,10H,9,11H2,1-2H3,(H,19,20). The largest absolute Gasteiger partial charge is 0.497 e. The highest BCUT2D eigenvalue weighted by molar-refractivity contribution is 6.30. The zero-order valence-corrected chi connectivity index (χ0v) is 13.3. The number of methoxy groups -OCH3 is 2. The maximum Gasteiger partial charge on any atom is 0.224 e. The first-order valence-corrected chi connectivity index (χ1v) is 7.22. The van der Waals surface area contributed by atoms with Crippen LogP contribution in [-0.2, 0) is 17.8 Å². The lowest BCUT2D eigenvalue weighted by Crippen LogP contribution is -2.24. The number of carbonyl (C=O) groups is 1. The molecule has 0 aromatic heterocycles. The number of benzene rings is 2. The van der Waals surface area contributed by atoms with Gasteiger partial charge in [-0.1, -0.05) is 23.7 Å². The molecule has 2 rings (SSSR count). The SMILES string of the molecule is COc1ccc(OC)c(CNC(=O)Cc2cccc(Cl)c2)c1. The fraction of sp³-hybridized carbons (Fsp3) is 0.235. The topological polar surface area (TPSA) is 47.6 Å². The summed E-state index contributed by atoms with van der Waals surface area (Å²) < 4.78 is 10.5. The molecule has 116 valence electrons. The van der Waals surface area contributed by atoms with Crippen LogP contribution in [0.25, 0.3) is 0 Å². The first-order chi connectivity index (χ1) is 10.6. The van der Waals surface area contributed by atoms with Gasteiger partial charge in [-0.15, -0.1) is 0 Å². The van der Waals surface area contributed by atoms with Gasteiger partial charge in [-0.2, -0.15) is 0 Å². The highest BCUT2D eigenvalue weighted by Gasteiger charge is 2.08. The smallest absolute Gasteiger partial charge is 0.224 e. The van der Waals surface area contributed by atoms with Gasteiger partial charge in [0.1, 0.15) is 11.5 Å². The second kappa shape index (κ2) is 7.71. The quantitative estimate of drug-likeness (QED) is 0.889. The van der Waals surface area contributed by atoms with Gasteiger partial charge in [0.05, 0.1) is 20.6 Å². The summed E-state index contributed by atoms with van der Waals surface area (Å²) in [5.74, 6) is 1.36. The molecule has 0 aliphatic rings. The molecule has 0 unspecified atom stereocenters. The molecule has 0 saturated carbocycles. The Bertz CT molecular complexity index is 658. The number of hydrogen-bond donors (Lipinski definition) is 1. The Labute approximate surface area is 135 Å². The molecule has 2 aromatic rings. The molecule has 22 heavy (non-hydrogen) atoms. The van der Waals surface area contributed by atoms with E-state index in [1.54, 1.807) is 26.4 Å². The van der Waals surface area contributed by atoms with Crippen LogP contribution >= 0.6 is 11.6 Å². The van der Waals surface area contributed by atoms with Crippen molar-refractivity contribution in [3.05, 3.63) is 58.6 Å². The van der Waals surface area contributed by atoms with Crippen LogP contribution in [0.15, 0.2) is 42.5 Å². The van der Waals surface area contributed by atoms with Gasteiger partial charge in [-0.25, -0.2) is 0 Å². The molecule has 0 aliphatic carbocycles. The molecule has 1 N–H and O–H groups in total. The molecule has 0 bridgehead atoms. The van der Waals surface area contributed by atoms with Gasteiger partial charge in [-0.3, -0.25) is 4.79 Å². The van der Waals surface area contributed by atoms with Crippen molar-refractivity contribution in [1.82, 2.24) is 5.32 Å². The molecule has 0 heterocycles. The Hall–Kier alpha value is -2.20. The van der Waals surface area contributed by atoms with E-state index < -0.39 is 0 Å². The van der Waals surface area contributed by atoms with Crippen LogP contribution in [0.4, 0.5) is 0 Å². The van der Waals surface area contributed by atoms with E-state index in [4.69, 9.17) is 21.1 Å². The third-order valence-corrected chi connectivity index (χ3v) is 3.45. The highest BCUT2D eigenvalue weighted by atomic mass is 35.5. The summed E-state index contributed by atoms with van der Waals surface area (Å²) >= 11 is 5.91. The van der Waals surface area contributed by atoms with Crippen molar-refractivity contribution >= 4 is 17.5 Å². The summed E-state index contributed by atoms with van der Waals surface area (Å²) in [6.07, 6.45) is 0.285. The molecule has 0 saturated heterocycles. The Kier molecular flexibility index (Phi) is 5.67. The molecule has 1 amide bonds. The van der Waals surface area contributed by atoms with Crippen molar-refractivity contribution in [2.75, 3.05) is 14.2 Å². The molecule has 4 nitrogen and oxygen atoms in total. The van der Waals surface area contributed by atoms with Gasteiger partial charge >= 0.3 is 0 Å². The van der Waals surface area contributed by atoms with Crippen molar-refractivity contribution in [1.29, 1.82) is 0 Å². The lowest BCUT2D eigenvalue weighted by molar-refractivity contribution is -0.120. The third-order valence-electron chi connectivity index (χ3n) is 3.22. The van der Waals surface area contributed by atoms with Crippen molar-refractivity contribution < 1.29 is 14.3 Å². The number of amides is 1. The summed E-state index contributed by atoms with van der Waals surface area (Å²) in [6, 6.07) is 12.7. The summed E-state index contributed by atoms with van der Waals surface area (Å²) in [5.41, 5.74) is 1.74. The Morgan fingerprint density at radius 2 is 1.95 bits per heavy atom. The molecule has 0 radical (unpaired) electrons. The normalized spacial score (nSPS) is 10.1. The van der Waals surface area contributed by atoms with Gasteiger partial charge in [-0.05, 0) is 35.9 Å². The van der Waals surface area contributed by atoms with E-state index in [1.165, 1.54) is 0 Å². The van der Waals surface area contributed by atoms with E-state index in [0.29, 0.717) is 17.3 Å². The lowest BCUT2D eigenvalue weighted by atomic mass is 10.1. The van der Waals surface area contributed by atoms with Gasteiger partial charge in [0.15, 0.2) is 0 Å². The predicted molar refractivity (Wildman–Crippen MR) is 86.5 cm³/mol. The minimum Gasteiger partial charge on any atom is -0.497 e. The molecule has 0 fully saturated rings. The Morgan fingerprint density at radius 3 is 2.64 bits per heavy atom. The average molecular weight is 320 g/mol. The Balaban J connectivity index is 1.98. The average Bonchev–Trinajstić information content (AvgIpc) is 2.52. The molecule has 0 atom stereocenters. The first-order valence-electron chi connectivity index (χ1n) is 6.84. The molecule has 5 heteroatoms. The van der Waals surface area contributed by atoms with Crippen LogP contribution in [0.5, 0.6) is 11.5 Å². The van der Waals surface area contributed by atoms with Gasteiger partial charge in [0.25, 0.3) is 0 Å². The number of carbonyl (C=O) groups excluding carboxylic acids is 1. The first kappa shape index (κ1) is 16.2. The van der Waals surface area contributed by atoms with Crippen molar-refractivity contribution in [3.8, 4) is 11.5 Å². The molecule has 0 spiro atoms. The number of halogens is 1.